The Morgan fingerprint density at radius 2 is 1.48 bits per heavy atom. The van der Waals surface area contributed by atoms with Crippen LogP contribution in [0.3, 0.4) is 0 Å². The molecule has 25 heavy (non-hydrogen) atoms. The van der Waals surface area contributed by atoms with Gasteiger partial charge in [0.05, 0.1) is 0 Å². The summed E-state index contributed by atoms with van der Waals surface area (Å²) in [5, 5.41) is 5.51. The SMILES string of the molecule is O=C(Nc1ccc(SC(F)F)cc1)c1ccc(NC(=O)C2CC2)cc1. The topological polar surface area (TPSA) is 58.2 Å². The van der Waals surface area contributed by atoms with E-state index in [1.165, 1.54) is 12.1 Å². The highest BCUT2D eigenvalue weighted by molar-refractivity contribution is 7.99. The van der Waals surface area contributed by atoms with E-state index in [9.17, 15) is 18.4 Å². The fourth-order valence-electron chi connectivity index (χ4n) is 2.22. The molecule has 0 heterocycles. The number of alkyl halides is 2. The first-order chi connectivity index (χ1) is 12.0. The summed E-state index contributed by atoms with van der Waals surface area (Å²) in [6.07, 6.45) is 1.86. The Labute approximate surface area is 148 Å². The van der Waals surface area contributed by atoms with Gasteiger partial charge in [-0.3, -0.25) is 9.59 Å². The second kappa shape index (κ2) is 7.65. The minimum atomic E-state index is -2.47. The summed E-state index contributed by atoms with van der Waals surface area (Å²) in [6.45, 7) is 0. The average Bonchev–Trinajstić information content (AvgIpc) is 3.42. The smallest absolute Gasteiger partial charge is 0.288 e. The molecule has 1 aliphatic carbocycles. The molecule has 2 aromatic carbocycles. The van der Waals surface area contributed by atoms with Gasteiger partial charge in [0.25, 0.3) is 11.7 Å². The van der Waals surface area contributed by atoms with Crippen LogP contribution in [0.5, 0.6) is 0 Å². The number of rotatable bonds is 6. The lowest BCUT2D eigenvalue weighted by Gasteiger charge is -2.08. The molecule has 3 rings (SSSR count). The number of nitrogens with one attached hydrogen (secondary N) is 2. The molecule has 0 radical (unpaired) electrons. The first-order valence-electron chi connectivity index (χ1n) is 7.78. The molecule has 1 saturated carbocycles. The number of benzene rings is 2. The van der Waals surface area contributed by atoms with Gasteiger partial charge in [-0.1, -0.05) is 11.8 Å². The fraction of sp³-hybridized carbons (Fsp3) is 0.222. The number of hydrogen-bond donors (Lipinski definition) is 2. The number of thioether (sulfide) groups is 1. The third-order valence-corrected chi connectivity index (χ3v) is 4.42. The van der Waals surface area contributed by atoms with Crippen molar-refractivity contribution in [3.8, 4) is 0 Å². The molecule has 0 aliphatic heterocycles. The number of carbonyl (C=O) groups excluding carboxylic acids is 2. The normalized spacial score (nSPS) is 13.6. The predicted molar refractivity (Wildman–Crippen MR) is 94.1 cm³/mol. The highest BCUT2D eigenvalue weighted by Crippen LogP contribution is 2.30. The molecule has 2 N–H and O–H groups in total. The maximum absolute atomic E-state index is 12.3. The number of halogens is 2. The summed E-state index contributed by atoms with van der Waals surface area (Å²) in [5.74, 6) is -2.65. The van der Waals surface area contributed by atoms with Crippen LogP contribution in [0.25, 0.3) is 0 Å². The van der Waals surface area contributed by atoms with Crippen molar-refractivity contribution in [3.05, 3.63) is 54.1 Å². The Morgan fingerprint density at radius 1 is 0.920 bits per heavy atom. The molecule has 0 saturated heterocycles. The number of amides is 2. The van der Waals surface area contributed by atoms with E-state index in [-0.39, 0.29) is 17.7 Å². The van der Waals surface area contributed by atoms with Crippen molar-refractivity contribution in [2.24, 2.45) is 5.92 Å². The van der Waals surface area contributed by atoms with Crippen LogP contribution in [0.4, 0.5) is 20.2 Å². The van der Waals surface area contributed by atoms with E-state index >= 15 is 0 Å². The van der Waals surface area contributed by atoms with Gasteiger partial charge in [-0.05, 0) is 61.4 Å². The first-order valence-corrected chi connectivity index (χ1v) is 8.66. The maximum atomic E-state index is 12.3. The largest absolute Gasteiger partial charge is 0.326 e. The number of hydrogen-bond acceptors (Lipinski definition) is 3. The zero-order valence-electron chi connectivity index (χ0n) is 13.2. The molecular weight excluding hydrogens is 346 g/mol. The van der Waals surface area contributed by atoms with Crippen molar-refractivity contribution in [2.75, 3.05) is 10.6 Å². The van der Waals surface area contributed by atoms with Crippen molar-refractivity contribution < 1.29 is 18.4 Å². The zero-order valence-corrected chi connectivity index (χ0v) is 14.0. The summed E-state index contributed by atoms with van der Waals surface area (Å²) >= 11 is 0.455. The molecule has 2 aromatic rings. The standard InChI is InChI=1S/C18H16F2N2O2S/c19-18(20)25-15-9-7-14(8-10-15)22-17(24)12-3-5-13(6-4-12)21-16(23)11-1-2-11/h3-11,18H,1-2H2,(H,21,23)(H,22,24). The summed E-state index contributed by atoms with van der Waals surface area (Å²) in [7, 11) is 0. The van der Waals surface area contributed by atoms with Crippen molar-refractivity contribution in [1.82, 2.24) is 0 Å². The summed E-state index contributed by atoms with van der Waals surface area (Å²) < 4.78 is 24.6. The van der Waals surface area contributed by atoms with Gasteiger partial charge in [-0.15, -0.1) is 0 Å². The van der Waals surface area contributed by atoms with Crippen molar-refractivity contribution in [2.45, 2.75) is 23.5 Å². The van der Waals surface area contributed by atoms with Crippen LogP contribution in [-0.2, 0) is 4.79 Å². The van der Waals surface area contributed by atoms with E-state index in [4.69, 9.17) is 0 Å². The molecule has 0 atom stereocenters. The van der Waals surface area contributed by atoms with Crippen LogP contribution in [0.2, 0.25) is 0 Å². The summed E-state index contributed by atoms with van der Waals surface area (Å²) in [4.78, 5) is 24.3. The van der Waals surface area contributed by atoms with E-state index in [0.29, 0.717) is 33.6 Å². The number of anilines is 2. The fourth-order valence-corrected chi connectivity index (χ4v) is 2.72. The minimum absolute atomic E-state index is 0.0129. The van der Waals surface area contributed by atoms with Crippen LogP contribution in [0.15, 0.2) is 53.4 Å². The monoisotopic (exact) mass is 362 g/mol. The third-order valence-electron chi connectivity index (χ3n) is 3.70. The van der Waals surface area contributed by atoms with Gasteiger partial charge < -0.3 is 10.6 Å². The Morgan fingerprint density at radius 3 is 2.04 bits per heavy atom. The lowest BCUT2D eigenvalue weighted by Crippen LogP contribution is -2.14. The average molecular weight is 362 g/mol. The molecule has 2 amide bonds. The molecule has 4 nitrogen and oxygen atoms in total. The van der Waals surface area contributed by atoms with Crippen LogP contribution >= 0.6 is 11.8 Å². The maximum Gasteiger partial charge on any atom is 0.288 e. The van der Waals surface area contributed by atoms with Crippen molar-refractivity contribution >= 4 is 35.0 Å². The molecular formula is C18H16F2N2O2S. The van der Waals surface area contributed by atoms with E-state index in [2.05, 4.69) is 10.6 Å². The molecule has 1 aliphatic rings. The van der Waals surface area contributed by atoms with E-state index in [0.717, 1.165) is 12.8 Å². The Kier molecular flexibility index (Phi) is 5.33. The van der Waals surface area contributed by atoms with Crippen molar-refractivity contribution in [1.29, 1.82) is 0 Å². The van der Waals surface area contributed by atoms with Gasteiger partial charge in [0.1, 0.15) is 0 Å². The van der Waals surface area contributed by atoms with Crippen LogP contribution < -0.4 is 10.6 Å². The molecule has 1 fully saturated rings. The molecule has 7 heteroatoms. The summed E-state index contributed by atoms with van der Waals surface area (Å²) in [6, 6.07) is 12.8. The number of carbonyl (C=O) groups is 2. The van der Waals surface area contributed by atoms with E-state index < -0.39 is 5.76 Å². The van der Waals surface area contributed by atoms with Gasteiger partial charge in [-0.2, -0.15) is 8.78 Å². The van der Waals surface area contributed by atoms with Crippen LogP contribution in [-0.4, -0.2) is 17.6 Å². The lowest BCUT2D eigenvalue weighted by atomic mass is 10.2. The van der Waals surface area contributed by atoms with Crippen LogP contribution in [0.1, 0.15) is 23.2 Å². The van der Waals surface area contributed by atoms with Gasteiger partial charge in [0.2, 0.25) is 5.91 Å². The second-order valence-electron chi connectivity index (χ2n) is 5.70. The van der Waals surface area contributed by atoms with Crippen LogP contribution in [0, 0.1) is 5.92 Å². The zero-order chi connectivity index (χ0) is 17.8. The molecule has 0 aromatic heterocycles. The second-order valence-corrected chi connectivity index (χ2v) is 6.76. The Hall–Kier alpha value is -2.41. The van der Waals surface area contributed by atoms with Crippen molar-refractivity contribution in [3.63, 3.8) is 0 Å². The van der Waals surface area contributed by atoms with E-state index in [1.54, 1.807) is 36.4 Å². The molecule has 0 unspecified atom stereocenters. The van der Waals surface area contributed by atoms with Gasteiger partial charge >= 0.3 is 0 Å². The lowest BCUT2D eigenvalue weighted by molar-refractivity contribution is -0.117. The third kappa shape index (κ3) is 5.03. The van der Waals surface area contributed by atoms with Gasteiger partial charge in [0, 0.05) is 27.8 Å². The minimum Gasteiger partial charge on any atom is -0.326 e. The Balaban J connectivity index is 1.57. The Bertz CT molecular complexity index is 760. The first kappa shape index (κ1) is 17.4. The highest BCUT2D eigenvalue weighted by Gasteiger charge is 2.29. The molecule has 130 valence electrons. The quantitative estimate of drug-likeness (QED) is 0.738. The van der Waals surface area contributed by atoms with Gasteiger partial charge in [-0.25, -0.2) is 0 Å². The molecule has 0 spiro atoms. The highest BCUT2D eigenvalue weighted by atomic mass is 32.2. The van der Waals surface area contributed by atoms with Gasteiger partial charge in [0.15, 0.2) is 0 Å². The summed E-state index contributed by atoms with van der Waals surface area (Å²) in [5.41, 5.74) is 1.62. The van der Waals surface area contributed by atoms with E-state index in [1.807, 2.05) is 0 Å². The molecule has 0 bridgehead atoms. The predicted octanol–water partition coefficient (Wildman–Crippen LogP) is 4.60.